The van der Waals surface area contributed by atoms with E-state index in [-0.39, 0.29) is 24.2 Å². The zero-order valence-electron chi connectivity index (χ0n) is 20.0. The van der Waals surface area contributed by atoms with Crippen LogP contribution in [0.2, 0.25) is 0 Å². The van der Waals surface area contributed by atoms with Gasteiger partial charge in [0.1, 0.15) is 23.2 Å². The van der Waals surface area contributed by atoms with Crippen LogP contribution in [0.1, 0.15) is 29.2 Å². The maximum Gasteiger partial charge on any atom is 0.387 e. The number of aryl methyl sites for hydroxylation is 3. The number of ether oxygens (including phenoxy) is 2. The zero-order valence-corrected chi connectivity index (χ0v) is 20.0. The predicted molar refractivity (Wildman–Crippen MR) is 129 cm³/mol. The average molecular weight is 518 g/mol. The molecule has 2 nitrogen and oxygen atoms in total. The number of alkyl halides is 2. The third-order valence-electron chi connectivity index (χ3n) is 6.08. The first-order valence-corrected chi connectivity index (χ1v) is 11.8. The molecule has 0 bridgehead atoms. The second-order valence-corrected chi connectivity index (χ2v) is 8.54. The van der Waals surface area contributed by atoms with Crippen molar-refractivity contribution in [3.8, 4) is 11.5 Å². The van der Waals surface area contributed by atoms with E-state index in [0.29, 0.717) is 41.3 Å². The summed E-state index contributed by atoms with van der Waals surface area (Å²) in [6.45, 7) is -1.09. The third-order valence-corrected chi connectivity index (χ3v) is 6.08. The molecule has 8 heteroatoms. The Kier molecular flexibility index (Phi) is 8.26. The first-order chi connectivity index (χ1) is 17.7. The third kappa shape index (κ3) is 6.37. The van der Waals surface area contributed by atoms with Crippen LogP contribution in [0.3, 0.4) is 0 Å². The van der Waals surface area contributed by atoms with E-state index in [4.69, 9.17) is 4.74 Å². The lowest BCUT2D eigenvalue weighted by molar-refractivity contribution is -0.0522. The van der Waals surface area contributed by atoms with Crippen molar-refractivity contribution in [3.05, 3.63) is 106 Å². The van der Waals surface area contributed by atoms with Gasteiger partial charge in [-0.05, 0) is 66.8 Å². The van der Waals surface area contributed by atoms with Crippen molar-refractivity contribution in [3.63, 3.8) is 0 Å². The Hall–Kier alpha value is -3.68. The van der Waals surface area contributed by atoms with Crippen LogP contribution in [0.15, 0.2) is 60.7 Å². The molecular formula is C29H24F6O2. The molecule has 0 spiro atoms. The second-order valence-electron chi connectivity index (χ2n) is 8.54. The van der Waals surface area contributed by atoms with Crippen molar-refractivity contribution in [2.45, 2.75) is 39.2 Å². The van der Waals surface area contributed by atoms with Crippen molar-refractivity contribution in [1.29, 1.82) is 0 Å². The summed E-state index contributed by atoms with van der Waals surface area (Å²) >= 11 is 0. The SMILES string of the molecule is CCOc1cc(F)c(CCc2ccc3c(F)c(CCc4ccc(OC(F)F)c(F)c4)ccc3c2)c(F)c1. The molecule has 0 aliphatic rings. The number of hydrogen-bond acceptors (Lipinski definition) is 2. The minimum atomic E-state index is -3.12. The molecule has 194 valence electrons. The smallest absolute Gasteiger partial charge is 0.387 e. The molecule has 0 heterocycles. The molecule has 4 aromatic carbocycles. The van der Waals surface area contributed by atoms with Crippen LogP contribution >= 0.6 is 0 Å². The van der Waals surface area contributed by atoms with Crippen LogP contribution in [-0.4, -0.2) is 13.2 Å². The molecule has 0 atom stereocenters. The minimum absolute atomic E-state index is 0.0321. The van der Waals surface area contributed by atoms with Crippen LogP contribution in [0.5, 0.6) is 11.5 Å². The lowest BCUT2D eigenvalue weighted by Crippen LogP contribution is -2.04. The molecule has 37 heavy (non-hydrogen) atoms. The maximum atomic E-state index is 15.2. The fourth-order valence-corrected chi connectivity index (χ4v) is 4.24. The monoisotopic (exact) mass is 518 g/mol. The Labute approximate surface area is 210 Å². The standard InChI is InChI=1S/C29H24F6O2/c1-2-36-21-15-24(30)23(25(31)16-21)11-5-17-4-10-22-20(13-17)9-8-19(28(22)33)7-3-18-6-12-27(26(32)14-18)37-29(34)35/h4,6,8-10,12-16,29H,2-3,5,7,11H2,1H3. The van der Waals surface area contributed by atoms with Crippen molar-refractivity contribution in [2.75, 3.05) is 6.61 Å². The van der Waals surface area contributed by atoms with Gasteiger partial charge in [-0.3, -0.25) is 0 Å². The van der Waals surface area contributed by atoms with Crippen molar-refractivity contribution >= 4 is 10.8 Å². The van der Waals surface area contributed by atoms with E-state index < -0.39 is 35.6 Å². The van der Waals surface area contributed by atoms with E-state index in [0.717, 1.165) is 17.7 Å². The van der Waals surface area contributed by atoms with Gasteiger partial charge in [-0.25, -0.2) is 17.6 Å². The van der Waals surface area contributed by atoms with Gasteiger partial charge in [0.15, 0.2) is 11.6 Å². The van der Waals surface area contributed by atoms with Gasteiger partial charge in [0.05, 0.1) is 6.61 Å². The summed E-state index contributed by atoms with van der Waals surface area (Å²) in [5.41, 5.74) is 1.71. The maximum absolute atomic E-state index is 15.2. The van der Waals surface area contributed by atoms with Crippen molar-refractivity contribution in [1.82, 2.24) is 0 Å². The van der Waals surface area contributed by atoms with Crippen LogP contribution in [0, 0.1) is 23.3 Å². The molecule has 0 amide bonds. The Morgan fingerprint density at radius 1 is 0.703 bits per heavy atom. The Morgan fingerprint density at radius 3 is 2.05 bits per heavy atom. The molecule has 0 unspecified atom stereocenters. The number of benzene rings is 4. The Balaban J connectivity index is 1.44. The van der Waals surface area contributed by atoms with Crippen LogP contribution in [-0.2, 0) is 25.7 Å². The zero-order chi connectivity index (χ0) is 26.5. The van der Waals surface area contributed by atoms with E-state index in [9.17, 15) is 22.0 Å². The second kappa shape index (κ2) is 11.6. The van der Waals surface area contributed by atoms with Gasteiger partial charge in [-0.15, -0.1) is 0 Å². The topological polar surface area (TPSA) is 18.5 Å². The van der Waals surface area contributed by atoms with Crippen LogP contribution in [0.25, 0.3) is 10.8 Å². The first kappa shape index (κ1) is 26.4. The molecule has 4 rings (SSSR count). The number of rotatable bonds is 10. The Bertz CT molecular complexity index is 1380. The van der Waals surface area contributed by atoms with Gasteiger partial charge in [-0.1, -0.05) is 36.4 Å². The van der Waals surface area contributed by atoms with Gasteiger partial charge < -0.3 is 9.47 Å². The highest BCUT2D eigenvalue weighted by Crippen LogP contribution is 2.27. The first-order valence-electron chi connectivity index (χ1n) is 11.8. The highest BCUT2D eigenvalue weighted by atomic mass is 19.3. The van der Waals surface area contributed by atoms with Crippen LogP contribution in [0.4, 0.5) is 26.3 Å². The van der Waals surface area contributed by atoms with Gasteiger partial charge in [0.2, 0.25) is 0 Å². The molecule has 0 radical (unpaired) electrons. The van der Waals surface area contributed by atoms with E-state index >= 15 is 4.39 Å². The normalized spacial score (nSPS) is 11.4. The minimum Gasteiger partial charge on any atom is -0.494 e. The molecule has 0 aliphatic carbocycles. The van der Waals surface area contributed by atoms with E-state index in [1.165, 1.54) is 18.2 Å². The van der Waals surface area contributed by atoms with Gasteiger partial charge in [0.25, 0.3) is 0 Å². The molecule has 0 aliphatic heterocycles. The summed E-state index contributed by atoms with van der Waals surface area (Å²) in [6.07, 6.45) is 1.06. The fourth-order valence-electron chi connectivity index (χ4n) is 4.24. The van der Waals surface area contributed by atoms with E-state index in [2.05, 4.69) is 4.74 Å². The van der Waals surface area contributed by atoms with E-state index in [1.807, 2.05) is 0 Å². The van der Waals surface area contributed by atoms with Gasteiger partial charge >= 0.3 is 6.61 Å². The highest BCUT2D eigenvalue weighted by molar-refractivity contribution is 5.84. The molecule has 0 aromatic heterocycles. The molecule has 4 aromatic rings. The summed E-state index contributed by atoms with van der Waals surface area (Å²) in [7, 11) is 0. The highest BCUT2D eigenvalue weighted by Gasteiger charge is 2.14. The van der Waals surface area contributed by atoms with Crippen molar-refractivity contribution < 1.29 is 35.8 Å². The Morgan fingerprint density at radius 2 is 1.38 bits per heavy atom. The average Bonchev–Trinajstić information content (AvgIpc) is 2.84. The quantitative estimate of drug-likeness (QED) is 0.198. The summed E-state index contributed by atoms with van der Waals surface area (Å²) < 4.78 is 91.6. The molecule has 0 N–H and O–H groups in total. The fraction of sp³-hybridized carbons (Fsp3) is 0.241. The van der Waals surface area contributed by atoms with Gasteiger partial charge in [-0.2, -0.15) is 8.78 Å². The summed E-state index contributed by atoms with van der Waals surface area (Å²) in [5, 5.41) is 1.04. The van der Waals surface area contributed by atoms with E-state index in [1.54, 1.807) is 37.3 Å². The summed E-state index contributed by atoms with van der Waals surface area (Å²) in [6, 6.07) is 14.5. The van der Waals surface area contributed by atoms with Gasteiger partial charge in [0, 0.05) is 23.1 Å². The predicted octanol–water partition coefficient (Wildman–Crippen LogP) is 7.97. The lowest BCUT2D eigenvalue weighted by atomic mass is 9.97. The largest absolute Gasteiger partial charge is 0.494 e. The lowest BCUT2D eigenvalue weighted by Gasteiger charge is -2.11. The van der Waals surface area contributed by atoms with Crippen LogP contribution < -0.4 is 9.47 Å². The molecule has 0 fully saturated rings. The molecule has 0 saturated heterocycles. The number of halogens is 6. The molecule has 0 saturated carbocycles. The summed E-state index contributed by atoms with van der Waals surface area (Å²) in [4.78, 5) is 0. The summed E-state index contributed by atoms with van der Waals surface area (Å²) in [5.74, 6) is -3.06. The van der Waals surface area contributed by atoms with Crippen molar-refractivity contribution in [2.24, 2.45) is 0 Å². The number of hydrogen-bond donors (Lipinski definition) is 0. The molecular weight excluding hydrogens is 494 g/mol. The number of fused-ring (bicyclic) bond motifs is 1.